The van der Waals surface area contributed by atoms with E-state index in [4.69, 9.17) is 0 Å². The van der Waals surface area contributed by atoms with Crippen molar-refractivity contribution in [3.05, 3.63) is 11.3 Å². The van der Waals surface area contributed by atoms with Crippen LogP contribution >= 0.6 is 0 Å². The van der Waals surface area contributed by atoms with Crippen LogP contribution in [0, 0.1) is 0 Å². The van der Waals surface area contributed by atoms with Crippen LogP contribution in [0.4, 0.5) is 0 Å². The lowest BCUT2D eigenvalue weighted by Gasteiger charge is -2.21. The van der Waals surface area contributed by atoms with Gasteiger partial charge in [-0.05, 0) is 12.8 Å². The zero-order valence-corrected chi connectivity index (χ0v) is 8.02. The molecule has 0 saturated heterocycles. The Bertz CT molecular complexity index is 155. The lowest BCUT2D eigenvalue weighted by molar-refractivity contribution is 0.217. The highest BCUT2D eigenvalue weighted by molar-refractivity contribution is 6.83. The molecule has 0 aromatic carbocycles. The molecule has 0 saturated carbocycles. The van der Waals surface area contributed by atoms with Crippen LogP contribution in [0.15, 0.2) is 11.3 Å². The van der Waals surface area contributed by atoms with E-state index in [1.807, 2.05) is 0 Å². The third-order valence-corrected chi connectivity index (χ3v) is 4.30. The van der Waals surface area contributed by atoms with Crippen molar-refractivity contribution in [2.24, 2.45) is 0 Å². The summed E-state index contributed by atoms with van der Waals surface area (Å²) < 4.78 is 0. The van der Waals surface area contributed by atoms with Crippen LogP contribution in [0.25, 0.3) is 0 Å². The largest absolute Gasteiger partial charge is 0.389 e. The molecule has 0 heterocycles. The van der Waals surface area contributed by atoms with E-state index in [1.54, 1.807) is 0 Å². The van der Waals surface area contributed by atoms with E-state index >= 15 is 0 Å². The van der Waals surface area contributed by atoms with Crippen molar-refractivity contribution in [3.8, 4) is 0 Å². The average molecular weight is 156 g/mol. The third-order valence-electron chi connectivity index (χ3n) is 2.03. The molecule has 1 aliphatic rings. The third kappa shape index (κ3) is 1.50. The molecule has 0 aliphatic heterocycles. The highest BCUT2D eigenvalue weighted by Gasteiger charge is 2.27. The van der Waals surface area contributed by atoms with Crippen molar-refractivity contribution in [1.82, 2.24) is 0 Å². The maximum atomic E-state index is 9.49. The summed E-state index contributed by atoms with van der Waals surface area (Å²) in [6.07, 6.45) is 4.17. The summed E-state index contributed by atoms with van der Waals surface area (Å²) in [4.78, 5) is 0. The lowest BCUT2D eigenvalue weighted by Crippen LogP contribution is -2.29. The van der Waals surface area contributed by atoms with Crippen LogP contribution in [-0.2, 0) is 0 Å². The van der Waals surface area contributed by atoms with Crippen molar-refractivity contribution < 1.29 is 5.11 Å². The first-order chi connectivity index (χ1) is 4.52. The molecule has 1 rings (SSSR count). The van der Waals surface area contributed by atoms with Gasteiger partial charge >= 0.3 is 0 Å². The SMILES string of the molecule is C[Si](C)(C)C1=CCC[C@H]1O. The molecule has 10 heavy (non-hydrogen) atoms. The predicted molar refractivity (Wildman–Crippen MR) is 46.7 cm³/mol. The number of rotatable bonds is 1. The number of aliphatic hydroxyl groups is 1. The van der Waals surface area contributed by atoms with E-state index in [-0.39, 0.29) is 6.10 Å². The molecule has 0 bridgehead atoms. The zero-order chi connectivity index (χ0) is 7.78. The summed E-state index contributed by atoms with van der Waals surface area (Å²) in [6, 6.07) is 0. The molecule has 0 aromatic heterocycles. The van der Waals surface area contributed by atoms with Gasteiger partial charge in [-0.15, -0.1) is 0 Å². The Morgan fingerprint density at radius 1 is 1.50 bits per heavy atom. The second kappa shape index (κ2) is 2.51. The molecule has 0 unspecified atom stereocenters. The van der Waals surface area contributed by atoms with Crippen LogP contribution in [0.2, 0.25) is 19.6 Å². The normalized spacial score (nSPS) is 26.8. The molecule has 1 aliphatic carbocycles. The topological polar surface area (TPSA) is 20.2 Å². The maximum absolute atomic E-state index is 9.49. The molecule has 1 N–H and O–H groups in total. The van der Waals surface area contributed by atoms with Gasteiger partial charge in [0.2, 0.25) is 0 Å². The Balaban J connectivity index is 2.72. The number of aliphatic hydroxyl groups excluding tert-OH is 1. The maximum Gasteiger partial charge on any atom is 0.0753 e. The first-order valence-corrected chi connectivity index (χ1v) is 7.40. The van der Waals surface area contributed by atoms with Crippen molar-refractivity contribution in [2.45, 2.75) is 38.6 Å². The highest BCUT2D eigenvalue weighted by atomic mass is 28.3. The first-order valence-electron chi connectivity index (χ1n) is 3.90. The average Bonchev–Trinajstić information content (AvgIpc) is 2.11. The van der Waals surface area contributed by atoms with Crippen molar-refractivity contribution in [1.29, 1.82) is 0 Å². The Hall–Kier alpha value is -0.0831. The van der Waals surface area contributed by atoms with Crippen LogP contribution in [0.3, 0.4) is 0 Å². The standard InChI is InChI=1S/C8H16OSi/c1-10(2,3)8-6-4-5-7(8)9/h6-7,9H,4-5H2,1-3H3/t7-/m1/s1. The molecule has 2 heteroatoms. The van der Waals surface area contributed by atoms with Gasteiger partial charge < -0.3 is 5.11 Å². The van der Waals surface area contributed by atoms with E-state index < -0.39 is 8.07 Å². The summed E-state index contributed by atoms with van der Waals surface area (Å²) in [6.45, 7) is 6.86. The van der Waals surface area contributed by atoms with Gasteiger partial charge in [-0.2, -0.15) is 0 Å². The molecule has 0 fully saturated rings. The van der Waals surface area contributed by atoms with Gasteiger partial charge in [-0.25, -0.2) is 0 Å². The molecule has 0 aromatic rings. The first kappa shape index (κ1) is 8.02. The van der Waals surface area contributed by atoms with Crippen molar-refractivity contribution >= 4 is 8.07 Å². The Morgan fingerprint density at radius 2 is 2.10 bits per heavy atom. The minimum Gasteiger partial charge on any atom is -0.389 e. The molecule has 0 radical (unpaired) electrons. The van der Waals surface area contributed by atoms with Crippen molar-refractivity contribution in [3.63, 3.8) is 0 Å². The Labute approximate surface area is 63.8 Å². The summed E-state index contributed by atoms with van der Waals surface area (Å²) in [5.74, 6) is 0. The van der Waals surface area contributed by atoms with Crippen LogP contribution in [-0.4, -0.2) is 19.3 Å². The predicted octanol–water partition coefficient (Wildman–Crippen LogP) is 1.94. The molecule has 0 amide bonds. The number of hydrogen-bond acceptors (Lipinski definition) is 1. The van der Waals surface area contributed by atoms with Gasteiger partial charge in [0.05, 0.1) is 14.2 Å². The van der Waals surface area contributed by atoms with E-state index in [1.165, 1.54) is 5.20 Å². The molecule has 58 valence electrons. The van der Waals surface area contributed by atoms with Gasteiger partial charge in [0.1, 0.15) is 0 Å². The fourth-order valence-electron chi connectivity index (χ4n) is 1.49. The minimum atomic E-state index is -1.18. The monoisotopic (exact) mass is 156 g/mol. The van der Waals surface area contributed by atoms with E-state index in [0.29, 0.717) is 0 Å². The van der Waals surface area contributed by atoms with Crippen LogP contribution in [0.5, 0.6) is 0 Å². The molecule has 0 spiro atoms. The molecule has 1 atom stereocenters. The van der Waals surface area contributed by atoms with E-state index in [2.05, 4.69) is 25.7 Å². The van der Waals surface area contributed by atoms with Gasteiger partial charge in [0.15, 0.2) is 0 Å². The summed E-state index contributed by atoms with van der Waals surface area (Å²) in [5.41, 5.74) is 0. The van der Waals surface area contributed by atoms with Crippen LogP contribution in [0.1, 0.15) is 12.8 Å². The zero-order valence-electron chi connectivity index (χ0n) is 7.02. The highest BCUT2D eigenvalue weighted by Crippen LogP contribution is 2.26. The minimum absolute atomic E-state index is 0.105. The van der Waals surface area contributed by atoms with Gasteiger partial charge in [-0.1, -0.05) is 30.9 Å². The summed E-state index contributed by atoms with van der Waals surface area (Å²) in [7, 11) is -1.18. The Morgan fingerprint density at radius 3 is 2.30 bits per heavy atom. The fraction of sp³-hybridized carbons (Fsp3) is 0.750. The molecular formula is C8H16OSi. The van der Waals surface area contributed by atoms with Gasteiger partial charge in [0, 0.05) is 0 Å². The Kier molecular flexibility index (Phi) is 2.01. The fourth-order valence-corrected chi connectivity index (χ4v) is 3.39. The smallest absolute Gasteiger partial charge is 0.0753 e. The van der Waals surface area contributed by atoms with Gasteiger partial charge in [0.25, 0.3) is 0 Å². The molecular weight excluding hydrogens is 140 g/mol. The van der Waals surface area contributed by atoms with E-state index in [9.17, 15) is 5.11 Å². The summed E-state index contributed by atoms with van der Waals surface area (Å²) >= 11 is 0. The number of allylic oxidation sites excluding steroid dienone is 1. The van der Waals surface area contributed by atoms with E-state index in [0.717, 1.165) is 12.8 Å². The van der Waals surface area contributed by atoms with Crippen molar-refractivity contribution in [2.75, 3.05) is 0 Å². The number of hydrogen-bond donors (Lipinski definition) is 1. The quantitative estimate of drug-likeness (QED) is 0.575. The summed E-state index contributed by atoms with van der Waals surface area (Å²) in [5, 5.41) is 10.8. The second-order valence-corrected chi connectivity index (χ2v) is 9.08. The molecule has 1 nitrogen and oxygen atoms in total. The lowest BCUT2D eigenvalue weighted by atomic mass is 10.3. The van der Waals surface area contributed by atoms with Crippen LogP contribution < -0.4 is 0 Å². The second-order valence-electron chi connectivity index (χ2n) is 4.00. The van der Waals surface area contributed by atoms with Gasteiger partial charge in [-0.3, -0.25) is 0 Å².